The van der Waals surface area contributed by atoms with Crippen LogP contribution in [0.25, 0.3) is 0 Å². The number of amides is 1. The first-order valence-corrected chi connectivity index (χ1v) is 7.14. The highest BCUT2D eigenvalue weighted by Crippen LogP contribution is 2.20. The van der Waals surface area contributed by atoms with E-state index in [1.807, 2.05) is 17.0 Å². The molecule has 0 bridgehead atoms. The molecule has 1 amide bonds. The number of likely N-dealkylation sites (tertiary alicyclic amines) is 1. The number of furan rings is 1. The van der Waals surface area contributed by atoms with E-state index >= 15 is 0 Å². The fourth-order valence-electron chi connectivity index (χ4n) is 2.35. The minimum atomic E-state index is 0.143. The summed E-state index contributed by atoms with van der Waals surface area (Å²) < 4.78 is 6.25. The third kappa shape index (κ3) is 3.36. The monoisotopic (exact) mass is 314 g/mol. The molecule has 0 spiro atoms. The van der Waals surface area contributed by atoms with Gasteiger partial charge >= 0.3 is 0 Å². The molecule has 18 heavy (non-hydrogen) atoms. The molecule has 2 heterocycles. The van der Waals surface area contributed by atoms with Gasteiger partial charge in [-0.1, -0.05) is 0 Å². The molecule has 2 atom stereocenters. The lowest BCUT2D eigenvalue weighted by atomic mass is 10.2. The van der Waals surface area contributed by atoms with Gasteiger partial charge in [0.1, 0.15) is 5.76 Å². The van der Waals surface area contributed by atoms with Crippen molar-refractivity contribution in [1.82, 2.24) is 10.2 Å². The molecule has 4 nitrogen and oxygen atoms in total. The average Bonchev–Trinajstić information content (AvgIpc) is 2.89. The van der Waals surface area contributed by atoms with Gasteiger partial charge in [0.2, 0.25) is 5.91 Å². The number of nitrogens with one attached hydrogen (secondary N) is 1. The highest BCUT2D eigenvalue weighted by Gasteiger charge is 2.22. The fraction of sp³-hybridized carbons (Fsp3) is 0.615. The Bertz CT molecular complexity index is 419. The molecule has 1 aromatic rings. The van der Waals surface area contributed by atoms with Crippen molar-refractivity contribution in [3.05, 3.63) is 22.6 Å². The van der Waals surface area contributed by atoms with Crippen molar-refractivity contribution in [2.75, 3.05) is 13.1 Å². The summed E-state index contributed by atoms with van der Waals surface area (Å²) in [4.78, 5) is 13.5. The molecule has 5 heteroatoms. The van der Waals surface area contributed by atoms with Crippen molar-refractivity contribution >= 4 is 21.8 Å². The molecule has 2 rings (SSSR count). The number of hydrogen-bond donors (Lipinski definition) is 1. The second kappa shape index (κ2) is 5.89. The van der Waals surface area contributed by atoms with Gasteiger partial charge in [-0.25, -0.2) is 0 Å². The number of carbonyl (C=O) groups excluding carboxylic acids is 1. The quantitative estimate of drug-likeness (QED) is 0.909. The van der Waals surface area contributed by atoms with Crippen LogP contribution < -0.4 is 5.32 Å². The summed E-state index contributed by atoms with van der Waals surface area (Å²) in [6.07, 6.45) is 1.69. The molecule has 0 saturated carbocycles. The fourth-order valence-corrected chi connectivity index (χ4v) is 2.67. The number of rotatable bonds is 5. The Balaban J connectivity index is 1.83. The van der Waals surface area contributed by atoms with Crippen LogP contribution >= 0.6 is 15.9 Å². The van der Waals surface area contributed by atoms with E-state index in [4.69, 9.17) is 4.42 Å². The first-order valence-electron chi connectivity index (χ1n) is 6.35. The highest BCUT2D eigenvalue weighted by atomic mass is 79.9. The van der Waals surface area contributed by atoms with Crippen molar-refractivity contribution in [1.29, 1.82) is 0 Å². The van der Waals surface area contributed by atoms with Crippen LogP contribution in [-0.4, -0.2) is 29.9 Å². The van der Waals surface area contributed by atoms with Crippen LogP contribution in [0.5, 0.6) is 0 Å². The summed E-state index contributed by atoms with van der Waals surface area (Å²) in [6.45, 7) is 5.82. The summed E-state index contributed by atoms with van der Waals surface area (Å²) in [5.41, 5.74) is 0. The first-order chi connectivity index (χ1) is 8.56. The van der Waals surface area contributed by atoms with E-state index in [1.54, 1.807) is 0 Å². The third-order valence-electron chi connectivity index (χ3n) is 3.22. The molecule has 2 unspecified atom stereocenters. The second-order valence-electron chi connectivity index (χ2n) is 4.87. The van der Waals surface area contributed by atoms with Crippen molar-refractivity contribution in [3.8, 4) is 0 Å². The molecule has 0 radical (unpaired) electrons. The van der Waals surface area contributed by atoms with Gasteiger partial charge in [0.05, 0.1) is 6.04 Å². The zero-order valence-electron chi connectivity index (χ0n) is 10.8. The Morgan fingerprint density at radius 2 is 2.28 bits per heavy atom. The van der Waals surface area contributed by atoms with E-state index < -0.39 is 0 Å². The van der Waals surface area contributed by atoms with Gasteiger partial charge in [0, 0.05) is 25.6 Å². The number of halogens is 1. The number of nitrogens with zero attached hydrogens (tertiary/aromatic N) is 1. The molecule has 1 aliphatic heterocycles. The maximum Gasteiger partial charge on any atom is 0.222 e. The predicted molar refractivity (Wildman–Crippen MR) is 73.2 cm³/mol. The van der Waals surface area contributed by atoms with Gasteiger partial charge in [-0.2, -0.15) is 0 Å². The Hall–Kier alpha value is -0.810. The van der Waals surface area contributed by atoms with E-state index in [9.17, 15) is 4.79 Å². The van der Waals surface area contributed by atoms with Crippen molar-refractivity contribution < 1.29 is 9.21 Å². The molecule has 0 aromatic carbocycles. The predicted octanol–water partition coefficient (Wildman–Crippen LogP) is 2.70. The number of carbonyl (C=O) groups is 1. The molecule has 100 valence electrons. The van der Waals surface area contributed by atoms with E-state index in [0.717, 1.165) is 29.9 Å². The van der Waals surface area contributed by atoms with E-state index in [-0.39, 0.29) is 18.0 Å². The number of hydrogen-bond acceptors (Lipinski definition) is 3. The molecule has 1 N–H and O–H groups in total. The topological polar surface area (TPSA) is 45.5 Å². The van der Waals surface area contributed by atoms with Crippen LogP contribution in [-0.2, 0) is 4.79 Å². The lowest BCUT2D eigenvalue weighted by Crippen LogP contribution is -2.40. The summed E-state index contributed by atoms with van der Waals surface area (Å²) >= 11 is 3.30. The molecule has 1 saturated heterocycles. The first kappa shape index (κ1) is 13.6. The van der Waals surface area contributed by atoms with E-state index in [0.29, 0.717) is 6.42 Å². The van der Waals surface area contributed by atoms with Crippen LogP contribution in [0.4, 0.5) is 0 Å². The molecule has 1 aliphatic rings. The summed E-state index contributed by atoms with van der Waals surface area (Å²) in [5.74, 6) is 1.18. The second-order valence-corrected chi connectivity index (χ2v) is 5.66. The standard InChI is InChI=1S/C13H19BrN2O2/c1-9(8-16-7-3-4-13(16)17)15-10(2)11-5-6-12(14)18-11/h5-6,9-10,15H,3-4,7-8H2,1-2H3. The van der Waals surface area contributed by atoms with Crippen molar-refractivity contribution in [2.45, 2.75) is 38.8 Å². The normalized spacial score (nSPS) is 19.3. The molecular weight excluding hydrogens is 296 g/mol. The van der Waals surface area contributed by atoms with Crippen LogP contribution in [0.2, 0.25) is 0 Å². The van der Waals surface area contributed by atoms with Gasteiger partial charge in [0.25, 0.3) is 0 Å². The third-order valence-corrected chi connectivity index (χ3v) is 3.65. The summed E-state index contributed by atoms with van der Waals surface area (Å²) in [6, 6.07) is 4.24. The average molecular weight is 315 g/mol. The lowest BCUT2D eigenvalue weighted by molar-refractivity contribution is -0.127. The molecule has 0 aliphatic carbocycles. The van der Waals surface area contributed by atoms with Gasteiger partial charge in [-0.05, 0) is 48.3 Å². The maximum atomic E-state index is 11.5. The van der Waals surface area contributed by atoms with Gasteiger partial charge in [-0.3, -0.25) is 4.79 Å². The van der Waals surface area contributed by atoms with E-state index in [1.165, 1.54) is 0 Å². The minimum absolute atomic E-state index is 0.143. The largest absolute Gasteiger partial charge is 0.453 e. The molecular formula is C13H19BrN2O2. The highest BCUT2D eigenvalue weighted by molar-refractivity contribution is 9.10. The van der Waals surface area contributed by atoms with E-state index in [2.05, 4.69) is 35.1 Å². The maximum absolute atomic E-state index is 11.5. The van der Waals surface area contributed by atoms with Gasteiger partial charge in [-0.15, -0.1) is 0 Å². The molecule has 1 fully saturated rings. The van der Waals surface area contributed by atoms with Crippen molar-refractivity contribution in [3.63, 3.8) is 0 Å². The van der Waals surface area contributed by atoms with Gasteiger partial charge in [0.15, 0.2) is 4.67 Å². The van der Waals surface area contributed by atoms with Crippen LogP contribution in [0.3, 0.4) is 0 Å². The Morgan fingerprint density at radius 3 is 2.83 bits per heavy atom. The summed E-state index contributed by atoms with van der Waals surface area (Å²) in [7, 11) is 0. The zero-order chi connectivity index (χ0) is 13.1. The van der Waals surface area contributed by atoms with Crippen LogP contribution in [0.1, 0.15) is 38.5 Å². The van der Waals surface area contributed by atoms with Crippen LogP contribution in [0.15, 0.2) is 21.2 Å². The molecule has 1 aromatic heterocycles. The zero-order valence-corrected chi connectivity index (χ0v) is 12.4. The Morgan fingerprint density at radius 1 is 1.50 bits per heavy atom. The Kier molecular flexibility index (Phi) is 4.45. The SMILES string of the molecule is CC(CN1CCCC1=O)NC(C)c1ccc(Br)o1. The van der Waals surface area contributed by atoms with Gasteiger partial charge < -0.3 is 14.6 Å². The lowest BCUT2D eigenvalue weighted by Gasteiger charge is -2.24. The Labute approximate surface area is 116 Å². The smallest absolute Gasteiger partial charge is 0.222 e. The minimum Gasteiger partial charge on any atom is -0.453 e. The van der Waals surface area contributed by atoms with Crippen molar-refractivity contribution in [2.24, 2.45) is 0 Å². The summed E-state index contributed by atoms with van der Waals surface area (Å²) in [5, 5.41) is 3.45. The van der Waals surface area contributed by atoms with Crippen LogP contribution in [0, 0.1) is 0 Å².